The number of amides is 1. The van der Waals surface area contributed by atoms with Gasteiger partial charge in [0.1, 0.15) is 12.4 Å². The van der Waals surface area contributed by atoms with Gasteiger partial charge in [-0.1, -0.05) is 24.3 Å². The van der Waals surface area contributed by atoms with E-state index in [1.165, 1.54) is 0 Å². The van der Waals surface area contributed by atoms with Crippen LogP contribution in [0.4, 0.5) is 0 Å². The molecule has 0 aliphatic carbocycles. The van der Waals surface area contributed by atoms with Crippen LogP contribution in [0.1, 0.15) is 17.8 Å². The lowest BCUT2D eigenvalue weighted by Gasteiger charge is -2.09. The average molecular weight is 302 g/mol. The number of nitrogens with one attached hydrogen (secondary N) is 1. The van der Waals surface area contributed by atoms with E-state index >= 15 is 0 Å². The first-order chi connectivity index (χ1) is 10.6. The van der Waals surface area contributed by atoms with Crippen molar-refractivity contribution in [2.45, 2.75) is 26.8 Å². The number of methoxy groups -OCH3 is 1. The SMILES string of the molecule is COCCCNC(=O)Cn1nc(C)nc1-c1ccccc1C. The summed E-state index contributed by atoms with van der Waals surface area (Å²) in [7, 11) is 1.65. The molecular weight excluding hydrogens is 280 g/mol. The predicted octanol–water partition coefficient (Wildman–Crippen LogP) is 1.71. The zero-order valence-corrected chi connectivity index (χ0v) is 13.3. The molecule has 1 aromatic carbocycles. The number of rotatable bonds is 7. The molecule has 6 heteroatoms. The number of carbonyl (C=O) groups excluding carboxylic acids is 1. The van der Waals surface area contributed by atoms with Crippen molar-refractivity contribution in [3.63, 3.8) is 0 Å². The number of ether oxygens (including phenoxy) is 1. The van der Waals surface area contributed by atoms with Gasteiger partial charge in [-0.2, -0.15) is 5.10 Å². The topological polar surface area (TPSA) is 69.0 Å². The maximum atomic E-state index is 12.0. The molecule has 1 heterocycles. The first-order valence-corrected chi connectivity index (χ1v) is 7.35. The number of hydrogen-bond donors (Lipinski definition) is 1. The van der Waals surface area contributed by atoms with Crippen LogP contribution >= 0.6 is 0 Å². The molecule has 0 bridgehead atoms. The molecule has 22 heavy (non-hydrogen) atoms. The Kier molecular flexibility index (Phi) is 5.66. The Bertz CT molecular complexity index is 637. The summed E-state index contributed by atoms with van der Waals surface area (Å²) in [5, 5.41) is 7.19. The van der Waals surface area contributed by atoms with Gasteiger partial charge in [0.15, 0.2) is 5.82 Å². The molecule has 1 N–H and O–H groups in total. The summed E-state index contributed by atoms with van der Waals surface area (Å²) < 4.78 is 6.61. The predicted molar refractivity (Wildman–Crippen MR) is 84.4 cm³/mol. The fourth-order valence-corrected chi connectivity index (χ4v) is 2.22. The summed E-state index contributed by atoms with van der Waals surface area (Å²) in [5.41, 5.74) is 2.10. The van der Waals surface area contributed by atoms with Crippen molar-refractivity contribution >= 4 is 5.91 Å². The van der Waals surface area contributed by atoms with Crippen molar-refractivity contribution in [1.29, 1.82) is 0 Å². The molecule has 1 amide bonds. The summed E-state index contributed by atoms with van der Waals surface area (Å²) in [6.45, 7) is 5.25. The van der Waals surface area contributed by atoms with Gasteiger partial charge in [0, 0.05) is 25.8 Å². The van der Waals surface area contributed by atoms with E-state index < -0.39 is 0 Å². The second-order valence-electron chi connectivity index (χ2n) is 5.15. The lowest BCUT2D eigenvalue weighted by Crippen LogP contribution is -2.29. The van der Waals surface area contributed by atoms with E-state index in [0.29, 0.717) is 19.0 Å². The highest BCUT2D eigenvalue weighted by Gasteiger charge is 2.14. The fourth-order valence-electron chi connectivity index (χ4n) is 2.22. The number of aromatic nitrogens is 3. The van der Waals surface area contributed by atoms with Crippen molar-refractivity contribution in [2.24, 2.45) is 0 Å². The fraction of sp³-hybridized carbons (Fsp3) is 0.438. The third-order valence-electron chi connectivity index (χ3n) is 3.30. The summed E-state index contributed by atoms with van der Waals surface area (Å²) in [5.74, 6) is 1.31. The second-order valence-corrected chi connectivity index (χ2v) is 5.15. The zero-order valence-electron chi connectivity index (χ0n) is 13.3. The van der Waals surface area contributed by atoms with Crippen LogP contribution in [0.3, 0.4) is 0 Å². The monoisotopic (exact) mass is 302 g/mol. The number of aryl methyl sites for hydroxylation is 2. The lowest BCUT2D eigenvalue weighted by atomic mass is 10.1. The smallest absolute Gasteiger partial charge is 0.241 e. The first kappa shape index (κ1) is 16.2. The molecule has 0 radical (unpaired) electrons. The van der Waals surface area contributed by atoms with E-state index in [-0.39, 0.29) is 12.5 Å². The standard InChI is InChI=1S/C16H22N4O2/c1-12-7-4-5-8-14(12)16-18-13(2)19-20(16)11-15(21)17-9-6-10-22-3/h4-5,7-8H,6,9-11H2,1-3H3,(H,17,21). The van der Waals surface area contributed by atoms with Crippen LogP contribution in [-0.4, -0.2) is 40.9 Å². The Hall–Kier alpha value is -2.21. The van der Waals surface area contributed by atoms with Crippen LogP contribution in [0.5, 0.6) is 0 Å². The quantitative estimate of drug-likeness (QED) is 0.791. The van der Waals surface area contributed by atoms with Crippen LogP contribution in [0.25, 0.3) is 11.4 Å². The molecule has 0 atom stereocenters. The van der Waals surface area contributed by atoms with Crippen molar-refractivity contribution < 1.29 is 9.53 Å². The Morgan fingerprint density at radius 1 is 1.32 bits per heavy atom. The number of hydrogen-bond acceptors (Lipinski definition) is 4. The van der Waals surface area contributed by atoms with E-state index in [1.807, 2.05) is 38.1 Å². The number of nitrogens with zero attached hydrogens (tertiary/aromatic N) is 3. The normalized spacial score (nSPS) is 10.7. The molecule has 0 aliphatic heterocycles. The molecule has 0 saturated heterocycles. The molecule has 118 valence electrons. The highest BCUT2D eigenvalue weighted by atomic mass is 16.5. The van der Waals surface area contributed by atoms with Crippen LogP contribution in [0.15, 0.2) is 24.3 Å². The molecular formula is C16H22N4O2. The van der Waals surface area contributed by atoms with Gasteiger partial charge in [-0.3, -0.25) is 4.79 Å². The van der Waals surface area contributed by atoms with Crippen molar-refractivity contribution in [2.75, 3.05) is 20.3 Å². The molecule has 2 aromatic rings. The molecule has 0 aliphatic rings. The minimum Gasteiger partial charge on any atom is -0.385 e. The van der Waals surface area contributed by atoms with E-state index in [9.17, 15) is 4.79 Å². The van der Waals surface area contributed by atoms with Gasteiger partial charge in [0.05, 0.1) is 0 Å². The Morgan fingerprint density at radius 3 is 2.82 bits per heavy atom. The highest BCUT2D eigenvalue weighted by Crippen LogP contribution is 2.21. The molecule has 0 fully saturated rings. The number of benzene rings is 1. The van der Waals surface area contributed by atoms with Gasteiger partial charge in [-0.25, -0.2) is 9.67 Å². The Balaban J connectivity index is 2.09. The minimum atomic E-state index is -0.0733. The molecule has 2 rings (SSSR count). The van der Waals surface area contributed by atoms with Gasteiger partial charge in [-0.05, 0) is 25.8 Å². The third-order valence-corrected chi connectivity index (χ3v) is 3.30. The molecule has 6 nitrogen and oxygen atoms in total. The summed E-state index contributed by atoms with van der Waals surface area (Å²) in [4.78, 5) is 16.5. The Morgan fingerprint density at radius 2 is 2.09 bits per heavy atom. The van der Waals surface area contributed by atoms with Gasteiger partial charge < -0.3 is 10.1 Å². The second kappa shape index (κ2) is 7.70. The maximum Gasteiger partial charge on any atom is 0.241 e. The maximum absolute atomic E-state index is 12.0. The first-order valence-electron chi connectivity index (χ1n) is 7.35. The van der Waals surface area contributed by atoms with E-state index in [4.69, 9.17) is 4.74 Å². The largest absolute Gasteiger partial charge is 0.385 e. The molecule has 0 saturated carbocycles. The van der Waals surface area contributed by atoms with Crippen molar-refractivity contribution in [1.82, 2.24) is 20.1 Å². The van der Waals surface area contributed by atoms with E-state index in [1.54, 1.807) is 11.8 Å². The molecule has 1 aromatic heterocycles. The summed E-state index contributed by atoms with van der Waals surface area (Å²) >= 11 is 0. The number of carbonyl (C=O) groups is 1. The van der Waals surface area contributed by atoms with E-state index in [0.717, 1.165) is 23.4 Å². The molecule has 0 unspecified atom stereocenters. The summed E-state index contributed by atoms with van der Waals surface area (Å²) in [6.07, 6.45) is 0.795. The summed E-state index contributed by atoms with van der Waals surface area (Å²) in [6, 6.07) is 7.96. The zero-order chi connectivity index (χ0) is 15.9. The van der Waals surface area contributed by atoms with Gasteiger partial charge in [0.25, 0.3) is 0 Å². The van der Waals surface area contributed by atoms with Crippen LogP contribution < -0.4 is 5.32 Å². The van der Waals surface area contributed by atoms with Crippen molar-refractivity contribution in [3.8, 4) is 11.4 Å². The van der Waals surface area contributed by atoms with Crippen LogP contribution in [0, 0.1) is 13.8 Å². The van der Waals surface area contributed by atoms with Crippen LogP contribution in [0.2, 0.25) is 0 Å². The minimum absolute atomic E-state index is 0.0733. The van der Waals surface area contributed by atoms with Crippen molar-refractivity contribution in [3.05, 3.63) is 35.7 Å². The van der Waals surface area contributed by atoms with E-state index in [2.05, 4.69) is 15.4 Å². The highest BCUT2D eigenvalue weighted by molar-refractivity contribution is 5.76. The van der Waals surface area contributed by atoms with Crippen LogP contribution in [-0.2, 0) is 16.1 Å². The van der Waals surface area contributed by atoms with Gasteiger partial charge in [-0.15, -0.1) is 0 Å². The average Bonchev–Trinajstić information content (AvgIpc) is 2.84. The third kappa shape index (κ3) is 4.14. The van der Waals surface area contributed by atoms with Gasteiger partial charge >= 0.3 is 0 Å². The lowest BCUT2D eigenvalue weighted by molar-refractivity contribution is -0.121. The molecule has 0 spiro atoms. The van der Waals surface area contributed by atoms with Gasteiger partial charge in [0.2, 0.25) is 5.91 Å². The Labute approximate surface area is 130 Å².